The van der Waals surface area contributed by atoms with Gasteiger partial charge in [0.05, 0.1) is 19.9 Å². The molecule has 1 saturated heterocycles. The van der Waals surface area contributed by atoms with Crippen molar-refractivity contribution < 1.29 is 19.1 Å². The van der Waals surface area contributed by atoms with E-state index in [0.717, 1.165) is 76.0 Å². The molecule has 3 aromatic rings. The summed E-state index contributed by atoms with van der Waals surface area (Å²) in [6, 6.07) is 6.27. The number of fused-ring (bicyclic) bond motifs is 1. The monoisotopic (exact) mass is 643 g/mol. The maximum atomic E-state index is 13.4. The van der Waals surface area contributed by atoms with Gasteiger partial charge in [-0.25, -0.2) is 4.98 Å². The van der Waals surface area contributed by atoms with E-state index in [4.69, 9.17) is 15.6 Å². The molecule has 3 aliphatic rings. The maximum absolute atomic E-state index is 13.4. The van der Waals surface area contributed by atoms with Crippen LogP contribution >= 0.6 is 0 Å². The van der Waals surface area contributed by atoms with Gasteiger partial charge in [-0.05, 0) is 55.7 Å². The number of carbonyl (C=O) groups is 3. The number of carbonyl (C=O) groups excluding carboxylic acids is 3. The van der Waals surface area contributed by atoms with Gasteiger partial charge in [-0.2, -0.15) is 10.1 Å². The molecule has 2 fully saturated rings. The van der Waals surface area contributed by atoms with Crippen LogP contribution in [0.5, 0.6) is 5.75 Å². The number of nitrogens with zero attached hydrogens (tertiary/aromatic N) is 7. The predicted molar refractivity (Wildman–Crippen MR) is 178 cm³/mol. The van der Waals surface area contributed by atoms with Gasteiger partial charge in [0.2, 0.25) is 11.9 Å². The Hall–Kier alpha value is -4.52. The average Bonchev–Trinajstić information content (AvgIpc) is 3.63. The quantitative estimate of drug-likeness (QED) is 0.223. The summed E-state index contributed by atoms with van der Waals surface area (Å²) >= 11 is 0. The molecule has 13 nitrogen and oxygen atoms in total. The van der Waals surface area contributed by atoms with Crippen molar-refractivity contribution in [3.8, 4) is 5.75 Å². The molecular weight excluding hydrogens is 598 g/mol. The van der Waals surface area contributed by atoms with Crippen molar-refractivity contribution >= 4 is 40.5 Å². The number of imide groups is 1. The van der Waals surface area contributed by atoms with Gasteiger partial charge in [0.25, 0.3) is 11.8 Å². The van der Waals surface area contributed by atoms with Crippen LogP contribution in [0.25, 0.3) is 11.0 Å². The number of rotatable bonds is 12. The van der Waals surface area contributed by atoms with Crippen molar-refractivity contribution in [3.05, 3.63) is 47.7 Å². The molecule has 3 N–H and O–H groups in total. The lowest BCUT2D eigenvalue weighted by molar-refractivity contribution is -0.141. The van der Waals surface area contributed by atoms with Crippen LogP contribution in [-0.2, 0) is 27.5 Å². The molecule has 6 rings (SSSR count). The van der Waals surface area contributed by atoms with Crippen LogP contribution in [0.3, 0.4) is 0 Å². The summed E-state index contributed by atoms with van der Waals surface area (Å²) in [6.07, 6.45) is 10.0. The molecule has 1 saturated carbocycles. The summed E-state index contributed by atoms with van der Waals surface area (Å²) in [4.78, 5) is 51.7. The summed E-state index contributed by atoms with van der Waals surface area (Å²) in [6.45, 7) is 7.72. The molecule has 0 unspecified atom stereocenters. The first-order chi connectivity index (χ1) is 22.8. The van der Waals surface area contributed by atoms with E-state index in [1.807, 2.05) is 21.8 Å². The lowest BCUT2D eigenvalue weighted by atomic mass is 9.81. The number of benzene rings is 1. The van der Waals surface area contributed by atoms with Gasteiger partial charge in [0, 0.05) is 69.4 Å². The van der Waals surface area contributed by atoms with E-state index < -0.39 is 0 Å². The Morgan fingerprint density at radius 2 is 1.77 bits per heavy atom. The van der Waals surface area contributed by atoms with E-state index in [-0.39, 0.29) is 35.5 Å². The molecule has 250 valence electrons. The summed E-state index contributed by atoms with van der Waals surface area (Å²) < 4.78 is 7.55. The number of aromatic nitrogens is 4. The molecule has 13 heteroatoms. The summed E-state index contributed by atoms with van der Waals surface area (Å²) in [5.41, 5.74) is 9.55. The van der Waals surface area contributed by atoms with E-state index in [9.17, 15) is 14.4 Å². The van der Waals surface area contributed by atoms with Crippen LogP contribution in [-0.4, -0.2) is 98.5 Å². The van der Waals surface area contributed by atoms with Gasteiger partial charge in [0.15, 0.2) is 11.3 Å². The van der Waals surface area contributed by atoms with Crippen LogP contribution in [0, 0.1) is 11.8 Å². The summed E-state index contributed by atoms with van der Waals surface area (Å²) in [5.74, 6) is 1.73. The summed E-state index contributed by atoms with van der Waals surface area (Å²) in [5, 5.41) is 8.13. The van der Waals surface area contributed by atoms with Gasteiger partial charge in [-0.1, -0.05) is 19.4 Å². The molecule has 0 radical (unpaired) electrons. The Labute approximate surface area is 275 Å². The number of ether oxygens (including phenoxy) is 1. The van der Waals surface area contributed by atoms with Gasteiger partial charge >= 0.3 is 0 Å². The number of nitrogen functional groups attached to an aromatic ring is 1. The smallest absolute Gasteiger partial charge is 0.253 e. The third-order valence-electron chi connectivity index (χ3n) is 9.56. The molecule has 2 aromatic heterocycles. The number of hydrogen-bond donors (Lipinski definition) is 2. The normalized spacial score (nSPS) is 20.4. The van der Waals surface area contributed by atoms with Crippen LogP contribution in [0.1, 0.15) is 56.6 Å². The van der Waals surface area contributed by atoms with Crippen molar-refractivity contribution in [1.29, 1.82) is 0 Å². The van der Waals surface area contributed by atoms with Gasteiger partial charge in [-0.15, -0.1) is 0 Å². The van der Waals surface area contributed by atoms with Crippen LogP contribution < -0.4 is 15.8 Å². The van der Waals surface area contributed by atoms with Crippen molar-refractivity contribution in [1.82, 2.24) is 34.4 Å². The number of nitrogens with two attached hydrogens (primary N) is 1. The minimum Gasteiger partial charge on any atom is -0.496 e. The second-order valence-corrected chi connectivity index (χ2v) is 12.9. The molecule has 0 bridgehead atoms. The van der Waals surface area contributed by atoms with Crippen LogP contribution in [0.15, 0.2) is 36.5 Å². The molecule has 1 aromatic carbocycles. The van der Waals surface area contributed by atoms with Crippen molar-refractivity contribution in [2.24, 2.45) is 11.8 Å². The van der Waals surface area contributed by atoms with Crippen LogP contribution in [0.4, 0.5) is 11.8 Å². The lowest BCUT2D eigenvalue weighted by Crippen LogP contribution is -2.50. The second kappa shape index (κ2) is 14.5. The fraction of sp³-hybridized carbons (Fsp3) is 0.529. The first-order valence-electron chi connectivity index (χ1n) is 16.8. The Bertz CT molecular complexity index is 1620. The van der Waals surface area contributed by atoms with Crippen LogP contribution in [0.2, 0.25) is 0 Å². The third-order valence-corrected chi connectivity index (χ3v) is 9.56. The SMILES string of the molecule is CCCCNc1nc(N)nc2cn(Cc3cc(CN4CCN(C(=O)C5CCC(CN6C(=O)C=CC6=O)CC5)CC4)ccc3OC)nc12. The number of methoxy groups -OCH3 is 1. The zero-order valence-electron chi connectivity index (χ0n) is 27.4. The largest absolute Gasteiger partial charge is 0.496 e. The minimum absolute atomic E-state index is 0.0228. The van der Waals surface area contributed by atoms with E-state index in [0.29, 0.717) is 43.0 Å². The first-order valence-corrected chi connectivity index (χ1v) is 16.8. The van der Waals surface area contributed by atoms with E-state index in [1.54, 1.807) is 7.11 Å². The highest BCUT2D eigenvalue weighted by Gasteiger charge is 2.33. The van der Waals surface area contributed by atoms with E-state index in [1.165, 1.54) is 22.6 Å². The number of anilines is 2. The molecule has 0 spiro atoms. The zero-order valence-corrected chi connectivity index (χ0v) is 27.4. The summed E-state index contributed by atoms with van der Waals surface area (Å²) in [7, 11) is 1.68. The standard InChI is InChI=1S/C34H45N9O4/c1-3-4-13-36-32-31-27(37-34(35)38-32)22-42(39-31)21-26-18-24(7-10-28(26)47-2)19-40-14-16-41(17-15-40)33(46)25-8-5-23(6-9-25)20-43-29(44)11-12-30(43)45/h7,10-12,18,22-23,25H,3-6,8-9,13-17,19-21H2,1-2H3,(H3,35,36,37,38). The lowest BCUT2D eigenvalue weighted by Gasteiger charge is -2.38. The van der Waals surface area contributed by atoms with Crippen molar-refractivity contribution in [2.75, 3.05) is 57.4 Å². The highest BCUT2D eigenvalue weighted by Crippen LogP contribution is 2.32. The molecular formula is C34H45N9O4. The van der Waals surface area contributed by atoms with Gasteiger partial charge in [0.1, 0.15) is 11.3 Å². The molecule has 4 heterocycles. The Kier molecular flexibility index (Phi) is 10.00. The maximum Gasteiger partial charge on any atom is 0.253 e. The molecule has 1 aliphatic carbocycles. The molecule has 3 amide bonds. The highest BCUT2D eigenvalue weighted by atomic mass is 16.5. The highest BCUT2D eigenvalue weighted by molar-refractivity contribution is 6.12. The number of hydrogen-bond acceptors (Lipinski definition) is 10. The molecule has 0 atom stereocenters. The zero-order chi connectivity index (χ0) is 32.9. The average molecular weight is 644 g/mol. The second-order valence-electron chi connectivity index (χ2n) is 12.9. The van der Waals surface area contributed by atoms with E-state index >= 15 is 0 Å². The molecule has 47 heavy (non-hydrogen) atoms. The van der Waals surface area contributed by atoms with Gasteiger partial charge < -0.3 is 20.7 Å². The topological polar surface area (TPSA) is 152 Å². The number of piperazine rings is 1. The van der Waals surface area contributed by atoms with Crippen molar-refractivity contribution in [2.45, 2.75) is 58.5 Å². The minimum atomic E-state index is -0.228. The fourth-order valence-corrected chi connectivity index (χ4v) is 6.90. The van der Waals surface area contributed by atoms with Crippen molar-refractivity contribution in [3.63, 3.8) is 0 Å². The Morgan fingerprint density at radius 1 is 1.02 bits per heavy atom. The molecule has 2 aliphatic heterocycles. The third kappa shape index (κ3) is 7.56. The number of unbranched alkanes of at least 4 members (excludes halogenated alkanes) is 1. The predicted octanol–water partition coefficient (Wildman–Crippen LogP) is 3.05. The van der Waals surface area contributed by atoms with Gasteiger partial charge in [-0.3, -0.25) is 28.9 Å². The number of amides is 3. The first kappa shape index (κ1) is 32.4. The fourth-order valence-electron chi connectivity index (χ4n) is 6.90. The Morgan fingerprint density at radius 3 is 2.47 bits per heavy atom. The number of nitrogens with one attached hydrogen (secondary N) is 1. The Balaban J connectivity index is 1.02. The van der Waals surface area contributed by atoms with E-state index in [2.05, 4.69) is 39.2 Å².